The van der Waals surface area contributed by atoms with Gasteiger partial charge < -0.3 is 15.4 Å². The van der Waals surface area contributed by atoms with Crippen molar-refractivity contribution in [2.45, 2.75) is 38.6 Å². The maximum absolute atomic E-state index is 12.8. The molecule has 1 saturated heterocycles. The second-order valence-corrected chi connectivity index (χ2v) is 4.98. The molecule has 2 atom stereocenters. The molecule has 0 spiro atoms. The Balaban J connectivity index is 2.39. The fourth-order valence-electron chi connectivity index (χ4n) is 2.34. The topological polar surface area (TPSA) is 51.4 Å². The molecule has 0 aliphatic carbocycles. The van der Waals surface area contributed by atoms with Crippen LogP contribution in [0, 0.1) is 0 Å². The summed E-state index contributed by atoms with van der Waals surface area (Å²) in [6.07, 6.45) is -2.66. The summed E-state index contributed by atoms with van der Waals surface area (Å²) in [6, 6.07) is 1.05. The van der Waals surface area contributed by atoms with Gasteiger partial charge in [0.05, 0.1) is 36.3 Å². The van der Waals surface area contributed by atoms with Gasteiger partial charge in [0.15, 0.2) is 0 Å². The van der Waals surface area contributed by atoms with Crippen molar-refractivity contribution >= 4 is 11.4 Å². The Morgan fingerprint density at radius 3 is 2.80 bits per heavy atom. The van der Waals surface area contributed by atoms with Crippen LogP contribution < -0.4 is 10.6 Å². The van der Waals surface area contributed by atoms with Gasteiger partial charge in [0.2, 0.25) is 0 Å². The van der Waals surface area contributed by atoms with E-state index in [2.05, 4.69) is 4.98 Å². The minimum atomic E-state index is -4.47. The van der Waals surface area contributed by atoms with Gasteiger partial charge in [-0.1, -0.05) is 6.92 Å². The van der Waals surface area contributed by atoms with E-state index < -0.39 is 11.9 Å². The van der Waals surface area contributed by atoms with Gasteiger partial charge in [0.25, 0.3) is 0 Å². The van der Waals surface area contributed by atoms with Gasteiger partial charge in [-0.3, -0.25) is 0 Å². The van der Waals surface area contributed by atoms with E-state index >= 15 is 0 Å². The molecule has 20 heavy (non-hydrogen) atoms. The summed E-state index contributed by atoms with van der Waals surface area (Å²) >= 11 is 0. The van der Waals surface area contributed by atoms with Crippen LogP contribution in [0.2, 0.25) is 0 Å². The molecule has 2 rings (SSSR count). The SMILES string of the molecule is CCC1COC(C)CN1c1cc(C(F)(F)F)ncc1N. The summed E-state index contributed by atoms with van der Waals surface area (Å²) in [6.45, 7) is 4.87. The summed E-state index contributed by atoms with van der Waals surface area (Å²) in [5, 5.41) is 0. The molecule has 1 aromatic rings. The zero-order valence-electron chi connectivity index (χ0n) is 11.4. The Morgan fingerprint density at radius 1 is 1.50 bits per heavy atom. The van der Waals surface area contributed by atoms with Gasteiger partial charge in [0.1, 0.15) is 5.69 Å². The van der Waals surface area contributed by atoms with Gasteiger partial charge in [-0.15, -0.1) is 0 Å². The standard InChI is InChI=1S/C13H18F3N3O/c1-3-9-7-20-8(2)6-19(9)11-4-12(13(14,15)16)18-5-10(11)17/h4-5,8-9H,3,6-7,17H2,1-2H3. The summed E-state index contributed by atoms with van der Waals surface area (Å²) < 4.78 is 43.9. The number of nitrogens with zero attached hydrogens (tertiary/aromatic N) is 2. The number of alkyl halides is 3. The first kappa shape index (κ1) is 14.9. The molecule has 0 bridgehead atoms. The third kappa shape index (κ3) is 2.98. The molecule has 2 unspecified atom stereocenters. The number of halogens is 3. The van der Waals surface area contributed by atoms with E-state index in [0.29, 0.717) is 18.8 Å². The van der Waals surface area contributed by atoms with Crippen molar-refractivity contribution in [3.8, 4) is 0 Å². The molecule has 2 heterocycles. The van der Waals surface area contributed by atoms with Crippen molar-refractivity contribution in [3.63, 3.8) is 0 Å². The molecule has 0 amide bonds. The van der Waals surface area contributed by atoms with E-state index in [4.69, 9.17) is 10.5 Å². The van der Waals surface area contributed by atoms with Gasteiger partial charge in [-0.2, -0.15) is 13.2 Å². The highest BCUT2D eigenvalue weighted by atomic mass is 19.4. The van der Waals surface area contributed by atoms with Crippen LogP contribution in [0.1, 0.15) is 26.0 Å². The number of nitrogen functional groups attached to an aromatic ring is 1. The zero-order valence-corrected chi connectivity index (χ0v) is 11.4. The second kappa shape index (κ2) is 5.47. The van der Waals surface area contributed by atoms with Crippen LogP contribution in [0.4, 0.5) is 24.5 Å². The molecule has 1 aliphatic heterocycles. The van der Waals surface area contributed by atoms with E-state index in [-0.39, 0.29) is 17.8 Å². The number of aromatic nitrogens is 1. The number of pyridine rings is 1. The Morgan fingerprint density at radius 2 is 2.20 bits per heavy atom. The zero-order chi connectivity index (χ0) is 14.9. The van der Waals surface area contributed by atoms with Crippen LogP contribution >= 0.6 is 0 Å². The first-order chi connectivity index (χ1) is 9.32. The number of hydrogen-bond acceptors (Lipinski definition) is 4. The molecule has 1 fully saturated rings. The smallest absolute Gasteiger partial charge is 0.396 e. The molecule has 4 nitrogen and oxygen atoms in total. The largest absolute Gasteiger partial charge is 0.433 e. The molecule has 112 valence electrons. The maximum Gasteiger partial charge on any atom is 0.433 e. The van der Waals surface area contributed by atoms with Crippen molar-refractivity contribution in [1.82, 2.24) is 4.98 Å². The van der Waals surface area contributed by atoms with Crippen LogP contribution in [0.3, 0.4) is 0 Å². The molecule has 0 aromatic carbocycles. The van der Waals surface area contributed by atoms with E-state index in [0.717, 1.165) is 18.7 Å². The van der Waals surface area contributed by atoms with Crippen LogP contribution in [-0.2, 0) is 10.9 Å². The molecular formula is C13H18F3N3O. The number of morpholine rings is 1. The van der Waals surface area contributed by atoms with Crippen molar-refractivity contribution in [1.29, 1.82) is 0 Å². The summed E-state index contributed by atoms with van der Waals surface area (Å²) in [5.74, 6) is 0. The Kier molecular flexibility index (Phi) is 4.08. The lowest BCUT2D eigenvalue weighted by atomic mass is 10.1. The molecular weight excluding hydrogens is 271 g/mol. The normalized spacial score (nSPS) is 23.9. The fraction of sp³-hybridized carbons (Fsp3) is 0.615. The molecule has 0 radical (unpaired) electrons. The van der Waals surface area contributed by atoms with Crippen molar-refractivity contribution < 1.29 is 17.9 Å². The van der Waals surface area contributed by atoms with E-state index in [1.807, 2.05) is 18.7 Å². The maximum atomic E-state index is 12.8. The fourth-order valence-corrected chi connectivity index (χ4v) is 2.34. The highest BCUT2D eigenvalue weighted by Crippen LogP contribution is 2.34. The van der Waals surface area contributed by atoms with Gasteiger partial charge >= 0.3 is 6.18 Å². The Bertz CT molecular complexity index is 478. The first-order valence-electron chi connectivity index (χ1n) is 6.54. The van der Waals surface area contributed by atoms with Crippen LogP contribution in [-0.4, -0.2) is 30.3 Å². The van der Waals surface area contributed by atoms with Gasteiger partial charge in [0, 0.05) is 6.54 Å². The predicted molar refractivity (Wildman–Crippen MR) is 70.5 cm³/mol. The molecule has 1 aromatic heterocycles. The summed E-state index contributed by atoms with van der Waals surface area (Å²) in [5.41, 5.74) is 5.53. The molecule has 2 N–H and O–H groups in total. The lowest BCUT2D eigenvalue weighted by Gasteiger charge is -2.40. The third-order valence-electron chi connectivity index (χ3n) is 3.45. The van der Waals surface area contributed by atoms with E-state index in [1.54, 1.807) is 0 Å². The lowest BCUT2D eigenvalue weighted by molar-refractivity contribution is -0.141. The number of rotatable bonds is 2. The first-order valence-corrected chi connectivity index (χ1v) is 6.54. The van der Waals surface area contributed by atoms with Crippen molar-refractivity contribution in [3.05, 3.63) is 18.0 Å². The van der Waals surface area contributed by atoms with Gasteiger partial charge in [-0.25, -0.2) is 4.98 Å². The van der Waals surface area contributed by atoms with Crippen LogP contribution in [0.25, 0.3) is 0 Å². The average molecular weight is 289 g/mol. The molecule has 1 aliphatic rings. The average Bonchev–Trinajstić information content (AvgIpc) is 2.38. The molecule has 7 heteroatoms. The number of hydrogen-bond donors (Lipinski definition) is 1. The Labute approximate surface area is 115 Å². The van der Waals surface area contributed by atoms with Crippen LogP contribution in [0.15, 0.2) is 12.3 Å². The lowest BCUT2D eigenvalue weighted by Crippen LogP contribution is -2.49. The second-order valence-electron chi connectivity index (χ2n) is 4.98. The van der Waals surface area contributed by atoms with Gasteiger partial charge in [-0.05, 0) is 19.4 Å². The van der Waals surface area contributed by atoms with Crippen molar-refractivity contribution in [2.24, 2.45) is 0 Å². The number of anilines is 2. The summed E-state index contributed by atoms with van der Waals surface area (Å²) in [7, 11) is 0. The predicted octanol–water partition coefficient (Wildman–Crippen LogP) is 2.69. The number of nitrogens with two attached hydrogens (primary N) is 1. The summed E-state index contributed by atoms with van der Waals surface area (Å²) in [4.78, 5) is 5.26. The molecule has 0 saturated carbocycles. The monoisotopic (exact) mass is 289 g/mol. The number of ether oxygens (including phenoxy) is 1. The highest BCUT2D eigenvalue weighted by molar-refractivity contribution is 5.67. The Hall–Kier alpha value is -1.50. The third-order valence-corrected chi connectivity index (χ3v) is 3.45. The van der Waals surface area contributed by atoms with Crippen molar-refractivity contribution in [2.75, 3.05) is 23.8 Å². The quantitative estimate of drug-likeness (QED) is 0.909. The van der Waals surface area contributed by atoms with E-state index in [1.165, 1.54) is 0 Å². The highest BCUT2D eigenvalue weighted by Gasteiger charge is 2.35. The van der Waals surface area contributed by atoms with E-state index in [9.17, 15) is 13.2 Å². The van der Waals surface area contributed by atoms with Crippen LogP contribution in [0.5, 0.6) is 0 Å². The minimum absolute atomic E-state index is 0.0250. The minimum Gasteiger partial charge on any atom is -0.396 e.